The van der Waals surface area contributed by atoms with Gasteiger partial charge in [-0.2, -0.15) is 5.10 Å². The maximum atomic E-state index is 13.5. The van der Waals surface area contributed by atoms with Crippen LogP contribution < -0.4 is 10.6 Å². The van der Waals surface area contributed by atoms with Crippen LogP contribution >= 0.6 is 0 Å². The molecule has 25 heavy (non-hydrogen) atoms. The number of amides is 2. The van der Waals surface area contributed by atoms with Crippen molar-refractivity contribution >= 4 is 6.03 Å². The highest BCUT2D eigenvalue weighted by atomic mass is 19.1. The molecule has 1 aromatic heterocycles. The molecule has 2 heterocycles. The molecule has 1 aliphatic carbocycles. The van der Waals surface area contributed by atoms with E-state index in [1.807, 2.05) is 11.6 Å². The minimum absolute atomic E-state index is 0.130. The van der Waals surface area contributed by atoms with E-state index in [0.29, 0.717) is 0 Å². The molecule has 2 amide bonds. The van der Waals surface area contributed by atoms with E-state index in [9.17, 15) is 9.18 Å². The normalized spacial score (nSPS) is 21.5. The van der Waals surface area contributed by atoms with Crippen molar-refractivity contribution < 1.29 is 9.18 Å². The van der Waals surface area contributed by atoms with E-state index in [4.69, 9.17) is 0 Å². The van der Waals surface area contributed by atoms with Gasteiger partial charge < -0.3 is 10.6 Å². The smallest absolute Gasteiger partial charge is 0.315 e. The van der Waals surface area contributed by atoms with Gasteiger partial charge in [0.25, 0.3) is 0 Å². The van der Waals surface area contributed by atoms with Gasteiger partial charge in [-0.15, -0.1) is 0 Å². The van der Waals surface area contributed by atoms with Crippen molar-refractivity contribution in [2.75, 3.05) is 0 Å². The van der Waals surface area contributed by atoms with Crippen molar-refractivity contribution in [1.82, 2.24) is 25.4 Å². The average molecular weight is 343 g/mol. The zero-order valence-electron chi connectivity index (χ0n) is 14.3. The van der Waals surface area contributed by atoms with Crippen molar-refractivity contribution in [3.63, 3.8) is 0 Å². The summed E-state index contributed by atoms with van der Waals surface area (Å²) in [6.07, 6.45) is 4.25. The lowest BCUT2D eigenvalue weighted by molar-refractivity contribution is 0.229. The van der Waals surface area contributed by atoms with Crippen molar-refractivity contribution in [3.8, 4) is 0 Å². The van der Waals surface area contributed by atoms with Gasteiger partial charge in [-0.25, -0.2) is 18.9 Å². The van der Waals surface area contributed by atoms with E-state index in [2.05, 4.69) is 20.7 Å². The summed E-state index contributed by atoms with van der Waals surface area (Å²) in [6.45, 7) is 2.87. The zero-order chi connectivity index (χ0) is 17.4. The molecule has 132 valence electrons. The van der Waals surface area contributed by atoms with Crippen LogP contribution in [-0.2, 0) is 19.4 Å². The molecule has 1 aliphatic heterocycles. The Morgan fingerprint density at radius 3 is 3.00 bits per heavy atom. The predicted molar refractivity (Wildman–Crippen MR) is 90.5 cm³/mol. The quantitative estimate of drug-likeness (QED) is 0.900. The number of aryl methyl sites for hydroxylation is 3. The number of hydrogen-bond acceptors (Lipinski definition) is 3. The summed E-state index contributed by atoms with van der Waals surface area (Å²) in [5.41, 5.74) is 1.99. The van der Waals surface area contributed by atoms with Crippen molar-refractivity contribution in [1.29, 1.82) is 0 Å². The van der Waals surface area contributed by atoms with Crippen LogP contribution in [0.4, 0.5) is 9.18 Å². The molecule has 0 saturated heterocycles. The molecular weight excluding hydrogens is 321 g/mol. The Balaban J connectivity index is 1.44. The highest BCUT2D eigenvalue weighted by Crippen LogP contribution is 2.31. The molecule has 2 atom stereocenters. The molecule has 0 unspecified atom stereocenters. The summed E-state index contributed by atoms with van der Waals surface area (Å²) in [7, 11) is 0. The summed E-state index contributed by atoms with van der Waals surface area (Å²) in [5.74, 6) is 1.38. The third kappa shape index (κ3) is 3.10. The number of carbonyl (C=O) groups excluding carboxylic acids is 1. The van der Waals surface area contributed by atoms with E-state index < -0.39 is 0 Å². The van der Waals surface area contributed by atoms with E-state index in [0.717, 1.165) is 61.4 Å². The van der Waals surface area contributed by atoms with Gasteiger partial charge in [-0.05, 0) is 48.9 Å². The Hall–Kier alpha value is -2.44. The van der Waals surface area contributed by atoms with E-state index in [-0.39, 0.29) is 23.9 Å². The Bertz CT molecular complexity index is 803. The maximum Gasteiger partial charge on any atom is 0.315 e. The molecule has 6 nitrogen and oxygen atoms in total. The van der Waals surface area contributed by atoms with Crippen LogP contribution in [0, 0.1) is 5.82 Å². The fourth-order valence-corrected chi connectivity index (χ4v) is 3.77. The van der Waals surface area contributed by atoms with Crippen LogP contribution in [0.15, 0.2) is 18.2 Å². The number of nitrogens with one attached hydrogen (secondary N) is 2. The maximum absolute atomic E-state index is 13.5. The molecule has 0 bridgehead atoms. The number of rotatable bonds is 3. The summed E-state index contributed by atoms with van der Waals surface area (Å²) in [5, 5.41) is 10.5. The first-order valence-corrected chi connectivity index (χ1v) is 8.93. The molecule has 0 spiro atoms. The lowest BCUT2D eigenvalue weighted by Crippen LogP contribution is -2.41. The Kier molecular flexibility index (Phi) is 4.15. The number of fused-ring (bicyclic) bond motifs is 2. The van der Waals surface area contributed by atoms with Gasteiger partial charge in [-0.3, -0.25) is 0 Å². The Morgan fingerprint density at radius 2 is 2.16 bits per heavy atom. The number of halogens is 1. The van der Waals surface area contributed by atoms with Crippen molar-refractivity contribution in [2.45, 2.75) is 57.7 Å². The highest BCUT2D eigenvalue weighted by Gasteiger charge is 2.28. The topological polar surface area (TPSA) is 71.8 Å². The summed E-state index contributed by atoms with van der Waals surface area (Å²) >= 11 is 0. The molecule has 0 fully saturated rings. The second-order valence-electron chi connectivity index (χ2n) is 6.71. The fraction of sp³-hybridized carbons (Fsp3) is 0.500. The fourth-order valence-electron chi connectivity index (χ4n) is 3.77. The zero-order valence-corrected chi connectivity index (χ0v) is 14.3. The van der Waals surface area contributed by atoms with Crippen LogP contribution in [0.3, 0.4) is 0 Å². The average Bonchev–Trinajstić information content (AvgIpc) is 3.19. The van der Waals surface area contributed by atoms with Crippen LogP contribution in [0.2, 0.25) is 0 Å². The van der Waals surface area contributed by atoms with E-state index in [1.54, 1.807) is 6.07 Å². The van der Waals surface area contributed by atoms with Gasteiger partial charge in [-0.1, -0.05) is 13.0 Å². The largest absolute Gasteiger partial charge is 0.331 e. The monoisotopic (exact) mass is 343 g/mol. The summed E-state index contributed by atoms with van der Waals surface area (Å²) < 4.78 is 15.4. The van der Waals surface area contributed by atoms with Gasteiger partial charge in [0.05, 0.1) is 12.1 Å². The number of aromatic nitrogens is 3. The minimum Gasteiger partial charge on any atom is -0.331 e. The van der Waals surface area contributed by atoms with Crippen LogP contribution in [0.25, 0.3) is 0 Å². The van der Waals surface area contributed by atoms with Gasteiger partial charge in [0.15, 0.2) is 5.82 Å². The van der Waals surface area contributed by atoms with Gasteiger partial charge in [0, 0.05) is 13.0 Å². The van der Waals surface area contributed by atoms with Gasteiger partial charge in [0.1, 0.15) is 11.6 Å². The molecule has 0 radical (unpaired) electrons. The Morgan fingerprint density at radius 1 is 1.32 bits per heavy atom. The van der Waals surface area contributed by atoms with Crippen LogP contribution in [0.5, 0.6) is 0 Å². The number of hydrogen-bond donors (Lipinski definition) is 2. The first-order chi connectivity index (χ1) is 12.1. The van der Waals surface area contributed by atoms with Crippen molar-refractivity contribution in [2.24, 2.45) is 0 Å². The number of urea groups is 1. The molecule has 1 aromatic carbocycles. The summed E-state index contributed by atoms with van der Waals surface area (Å²) in [4.78, 5) is 17.0. The Labute approximate surface area is 145 Å². The SMILES string of the molecule is CCc1nc2n(n1)CCC[C@@H]2NC(=O)N[C@@H]1CCc2ccc(F)cc21. The molecular formula is C18H22FN5O. The summed E-state index contributed by atoms with van der Waals surface area (Å²) in [6, 6.07) is 4.30. The van der Waals surface area contributed by atoms with Gasteiger partial charge >= 0.3 is 6.03 Å². The highest BCUT2D eigenvalue weighted by molar-refractivity contribution is 5.75. The minimum atomic E-state index is -0.264. The van der Waals surface area contributed by atoms with Gasteiger partial charge in [0.2, 0.25) is 0 Å². The third-order valence-electron chi connectivity index (χ3n) is 5.03. The van der Waals surface area contributed by atoms with E-state index in [1.165, 1.54) is 12.1 Å². The lowest BCUT2D eigenvalue weighted by Gasteiger charge is -2.24. The number of nitrogens with zero attached hydrogens (tertiary/aromatic N) is 3. The number of benzene rings is 1. The molecule has 2 aliphatic rings. The molecule has 7 heteroatoms. The first kappa shape index (κ1) is 16.1. The van der Waals surface area contributed by atoms with E-state index >= 15 is 0 Å². The second kappa shape index (κ2) is 6.46. The number of carbonyl (C=O) groups is 1. The third-order valence-corrected chi connectivity index (χ3v) is 5.03. The molecule has 2 aromatic rings. The molecule has 2 N–H and O–H groups in total. The van der Waals surface area contributed by atoms with Crippen LogP contribution in [-0.4, -0.2) is 20.8 Å². The first-order valence-electron chi connectivity index (χ1n) is 8.93. The molecule has 0 saturated carbocycles. The predicted octanol–water partition coefficient (Wildman–Crippen LogP) is 2.80. The van der Waals surface area contributed by atoms with Crippen LogP contribution in [0.1, 0.15) is 61.0 Å². The molecule has 4 rings (SSSR count). The second-order valence-corrected chi connectivity index (χ2v) is 6.71. The van der Waals surface area contributed by atoms with Crippen molar-refractivity contribution in [3.05, 3.63) is 46.8 Å². The lowest BCUT2D eigenvalue weighted by atomic mass is 10.1. The standard InChI is InChI=1S/C18H22FN5O/c1-2-16-22-17-15(4-3-9-24(17)23-16)21-18(25)20-14-8-6-11-5-7-12(19)10-13(11)14/h5,7,10,14-15H,2-4,6,8-9H2,1H3,(H2,20,21,25)/t14-,15+/m1/s1.